The summed E-state index contributed by atoms with van der Waals surface area (Å²) in [6.45, 7) is 0. The van der Waals surface area contributed by atoms with Crippen LogP contribution < -0.4 is 10.6 Å². The fourth-order valence-electron chi connectivity index (χ4n) is 2.53. The van der Waals surface area contributed by atoms with Crippen LogP contribution in [0.25, 0.3) is 0 Å². The topological polar surface area (TPSA) is 67.4 Å². The fraction of sp³-hybridized carbons (Fsp3) is 0.412. The van der Waals surface area contributed by atoms with Gasteiger partial charge >= 0.3 is 5.97 Å². The molecule has 1 aromatic carbocycles. The number of halogens is 1. The number of benzene rings is 1. The molecule has 2 rings (SSSR count). The number of esters is 1. The Hall–Kier alpha value is -2.37. The van der Waals surface area contributed by atoms with Crippen LogP contribution in [0, 0.1) is 5.82 Å². The van der Waals surface area contributed by atoms with Crippen molar-refractivity contribution in [3.05, 3.63) is 41.9 Å². The number of carbonyl (C=O) groups excluding carboxylic acids is 2. The molecule has 0 bridgehead atoms. The van der Waals surface area contributed by atoms with E-state index in [1.807, 2.05) is 0 Å². The molecule has 6 heteroatoms. The van der Waals surface area contributed by atoms with Crippen LogP contribution in [0.5, 0.6) is 0 Å². The molecule has 0 radical (unpaired) electrons. The third kappa shape index (κ3) is 5.39. The molecule has 0 heterocycles. The number of rotatable bonds is 5. The van der Waals surface area contributed by atoms with Gasteiger partial charge in [-0.3, -0.25) is 4.79 Å². The zero-order chi connectivity index (χ0) is 16.7. The van der Waals surface area contributed by atoms with Crippen LogP contribution in [0.2, 0.25) is 0 Å². The Morgan fingerprint density at radius 3 is 2.43 bits per heavy atom. The monoisotopic (exact) mass is 320 g/mol. The standard InChI is InChI=1S/C17H21FN2O3/c1-23-16(21)11-15(19-14-9-7-12(18)8-10-14)17(22)20-13-5-3-2-4-6-13/h7-11,13,19H,2-6H2,1H3,(H,20,22)/b15-11-. The molecule has 2 N–H and O–H groups in total. The molecule has 1 aliphatic rings. The zero-order valence-corrected chi connectivity index (χ0v) is 13.1. The molecule has 0 unspecified atom stereocenters. The number of carbonyl (C=O) groups is 2. The number of ether oxygens (including phenoxy) is 1. The Kier molecular flexibility index (Phi) is 6.14. The predicted octanol–water partition coefficient (Wildman–Crippen LogP) is 2.74. The van der Waals surface area contributed by atoms with Crippen molar-refractivity contribution in [3.8, 4) is 0 Å². The first-order chi connectivity index (χ1) is 11.1. The number of nitrogens with one attached hydrogen (secondary N) is 2. The van der Waals surface area contributed by atoms with E-state index in [1.54, 1.807) is 0 Å². The van der Waals surface area contributed by atoms with Crippen LogP contribution in [0.15, 0.2) is 36.0 Å². The van der Waals surface area contributed by atoms with Gasteiger partial charge in [0.25, 0.3) is 5.91 Å². The summed E-state index contributed by atoms with van der Waals surface area (Å²) in [5.41, 5.74) is 0.592. The van der Waals surface area contributed by atoms with E-state index in [-0.39, 0.29) is 23.5 Å². The van der Waals surface area contributed by atoms with Gasteiger partial charge in [-0.05, 0) is 37.1 Å². The first-order valence-electron chi connectivity index (χ1n) is 7.71. The van der Waals surface area contributed by atoms with E-state index in [0.717, 1.165) is 31.8 Å². The summed E-state index contributed by atoms with van der Waals surface area (Å²) >= 11 is 0. The van der Waals surface area contributed by atoms with Gasteiger partial charge < -0.3 is 15.4 Å². The lowest BCUT2D eigenvalue weighted by Gasteiger charge is -2.23. The fourth-order valence-corrected chi connectivity index (χ4v) is 2.53. The Morgan fingerprint density at radius 1 is 1.17 bits per heavy atom. The molecule has 1 saturated carbocycles. The maximum absolute atomic E-state index is 13.0. The normalized spacial score (nSPS) is 15.8. The molecule has 0 atom stereocenters. The van der Waals surface area contributed by atoms with Gasteiger partial charge in [-0.1, -0.05) is 19.3 Å². The van der Waals surface area contributed by atoms with Gasteiger partial charge in [0.05, 0.1) is 13.2 Å². The van der Waals surface area contributed by atoms with Crippen molar-refractivity contribution in [3.63, 3.8) is 0 Å². The van der Waals surface area contributed by atoms with Crippen molar-refractivity contribution in [1.82, 2.24) is 5.32 Å². The minimum atomic E-state index is -0.631. The van der Waals surface area contributed by atoms with Crippen LogP contribution in [0.1, 0.15) is 32.1 Å². The smallest absolute Gasteiger partial charge is 0.332 e. The largest absolute Gasteiger partial charge is 0.466 e. The lowest BCUT2D eigenvalue weighted by Crippen LogP contribution is -2.38. The lowest BCUT2D eigenvalue weighted by molar-refractivity contribution is -0.135. The summed E-state index contributed by atoms with van der Waals surface area (Å²) in [5, 5.41) is 5.77. The molecular weight excluding hydrogens is 299 g/mol. The van der Waals surface area contributed by atoms with E-state index in [4.69, 9.17) is 0 Å². The Morgan fingerprint density at radius 2 is 1.83 bits per heavy atom. The molecule has 1 fully saturated rings. The average molecular weight is 320 g/mol. The Bertz CT molecular complexity index is 578. The minimum absolute atomic E-state index is 0.0778. The van der Waals surface area contributed by atoms with E-state index >= 15 is 0 Å². The summed E-state index contributed by atoms with van der Waals surface area (Å²) in [4.78, 5) is 23.9. The number of hydrogen-bond donors (Lipinski definition) is 2. The average Bonchev–Trinajstić information content (AvgIpc) is 2.57. The van der Waals surface area contributed by atoms with Gasteiger partial charge in [-0.15, -0.1) is 0 Å². The first kappa shape index (κ1) is 17.0. The number of methoxy groups -OCH3 is 1. The molecule has 1 amide bonds. The van der Waals surface area contributed by atoms with E-state index < -0.39 is 5.97 Å². The minimum Gasteiger partial charge on any atom is -0.466 e. The van der Waals surface area contributed by atoms with Crippen LogP contribution in [-0.2, 0) is 14.3 Å². The second-order valence-corrected chi connectivity index (χ2v) is 5.52. The van der Waals surface area contributed by atoms with E-state index in [1.165, 1.54) is 37.8 Å². The molecule has 0 aliphatic heterocycles. The van der Waals surface area contributed by atoms with Gasteiger partial charge in [0.2, 0.25) is 0 Å². The molecule has 124 valence electrons. The quantitative estimate of drug-likeness (QED) is 0.647. The van der Waals surface area contributed by atoms with Crippen LogP contribution in [0.3, 0.4) is 0 Å². The van der Waals surface area contributed by atoms with Crippen molar-refractivity contribution in [2.75, 3.05) is 12.4 Å². The Labute approximate surface area is 134 Å². The predicted molar refractivity (Wildman–Crippen MR) is 85.1 cm³/mol. The summed E-state index contributed by atoms with van der Waals surface area (Å²) in [7, 11) is 1.24. The van der Waals surface area contributed by atoms with Gasteiger partial charge in [0, 0.05) is 11.7 Å². The van der Waals surface area contributed by atoms with E-state index in [0.29, 0.717) is 5.69 Å². The maximum Gasteiger partial charge on any atom is 0.332 e. The molecule has 0 aromatic heterocycles. The Balaban J connectivity index is 2.09. The summed E-state index contributed by atoms with van der Waals surface area (Å²) in [6.07, 6.45) is 6.34. The molecule has 0 spiro atoms. The summed E-state index contributed by atoms with van der Waals surface area (Å²) < 4.78 is 17.5. The van der Waals surface area contributed by atoms with Crippen molar-refractivity contribution in [2.45, 2.75) is 38.1 Å². The van der Waals surface area contributed by atoms with Crippen molar-refractivity contribution < 1.29 is 18.7 Å². The zero-order valence-electron chi connectivity index (χ0n) is 13.1. The van der Waals surface area contributed by atoms with Crippen molar-refractivity contribution >= 4 is 17.6 Å². The molecule has 23 heavy (non-hydrogen) atoms. The highest BCUT2D eigenvalue weighted by atomic mass is 19.1. The van der Waals surface area contributed by atoms with E-state index in [2.05, 4.69) is 15.4 Å². The third-order valence-corrected chi connectivity index (χ3v) is 3.77. The second-order valence-electron chi connectivity index (χ2n) is 5.52. The van der Waals surface area contributed by atoms with Crippen LogP contribution in [-0.4, -0.2) is 25.0 Å². The summed E-state index contributed by atoms with van der Waals surface area (Å²) in [5.74, 6) is -1.37. The molecular formula is C17H21FN2O3. The highest BCUT2D eigenvalue weighted by Gasteiger charge is 2.19. The third-order valence-electron chi connectivity index (χ3n) is 3.77. The number of amides is 1. The number of anilines is 1. The van der Waals surface area contributed by atoms with Crippen LogP contribution in [0.4, 0.5) is 10.1 Å². The van der Waals surface area contributed by atoms with Crippen molar-refractivity contribution in [2.24, 2.45) is 0 Å². The highest BCUT2D eigenvalue weighted by molar-refractivity contribution is 6.01. The SMILES string of the molecule is COC(=O)/C=C(\Nc1ccc(F)cc1)C(=O)NC1CCCCC1. The second kappa shape index (κ2) is 8.31. The van der Waals surface area contributed by atoms with Crippen LogP contribution >= 0.6 is 0 Å². The first-order valence-corrected chi connectivity index (χ1v) is 7.71. The lowest BCUT2D eigenvalue weighted by atomic mass is 9.95. The molecule has 1 aliphatic carbocycles. The highest BCUT2D eigenvalue weighted by Crippen LogP contribution is 2.18. The molecule has 1 aromatic rings. The van der Waals surface area contributed by atoms with Gasteiger partial charge in [-0.2, -0.15) is 0 Å². The van der Waals surface area contributed by atoms with E-state index in [9.17, 15) is 14.0 Å². The molecule has 5 nitrogen and oxygen atoms in total. The number of hydrogen-bond acceptors (Lipinski definition) is 4. The maximum atomic E-state index is 13.0. The van der Waals surface area contributed by atoms with Gasteiger partial charge in [0.15, 0.2) is 0 Å². The molecule has 0 saturated heterocycles. The summed E-state index contributed by atoms with van der Waals surface area (Å²) in [6, 6.07) is 5.66. The van der Waals surface area contributed by atoms with Gasteiger partial charge in [0.1, 0.15) is 11.5 Å². The van der Waals surface area contributed by atoms with Crippen molar-refractivity contribution in [1.29, 1.82) is 0 Å². The van der Waals surface area contributed by atoms with Gasteiger partial charge in [-0.25, -0.2) is 9.18 Å².